The van der Waals surface area contributed by atoms with Crippen molar-refractivity contribution in [1.82, 2.24) is 9.13 Å². The molecule has 0 unspecified atom stereocenters. The van der Waals surface area contributed by atoms with E-state index in [1.807, 2.05) is 54.6 Å². The monoisotopic (exact) mass is 757 g/mol. The number of aromatic nitrogens is 2. The Bertz CT molecular complexity index is 2310. The zero-order valence-corrected chi connectivity index (χ0v) is 28.6. The Kier molecular flexibility index (Phi) is 10.6. The van der Waals surface area contributed by atoms with Gasteiger partial charge in [-0.2, -0.15) is 0 Å². The molecular formula is C40H32BBr2N2O3. The molecule has 0 aliphatic heterocycles. The first-order valence-electron chi connectivity index (χ1n) is 14.7. The molecule has 0 aliphatic rings. The van der Waals surface area contributed by atoms with Crippen LogP contribution in [0.1, 0.15) is 23.3 Å². The fourth-order valence-electron chi connectivity index (χ4n) is 6.14. The summed E-state index contributed by atoms with van der Waals surface area (Å²) in [5, 5.41) is 14.4. The molecule has 0 aliphatic carbocycles. The van der Waals surface area contributed by atoms with Gasteiger partial charge in [0.2, 0.25) is 0 Å². The second-order valence-electron chi connectivity index (χ2n) is 10.8. The number of aliphatic hydroxyl groups is 1. The van der Waals surface area contributed by atoms with E-state index in [9.17, 15) is 9.90 Å². The molecule has 0 saturated heterocycles. The number of hydrogen-bond acceptors (Lipinski definition) is 3. The third-order valence-electron chi connectivity index (χ3n) is 8.23. The summed E-state index contributed by atoms with van der Waals surface area (Å²) in [6, 6.07) is 45.2. The molecule has 48 heavy (non-hydrogen) atoms. The quantitative estimate of drug-likeness (QED) is 0.144. The summed E-state index contributed by atoms with van der Waals surface area (Å²) < 4.78 is 11.0. The van der Waals surface area contributed by atoms with E-state index >= 15 is 0 Å². The average molecular weight is 759 g/mol. The van der Waals surface area contributed by atoms with Gasteiger partial charge in [0.25, 0.3) is 0 Å². The lowest BCUT2D eigenvalue weighted by atomic mass is 10.2. The van der Waals surface area contributed by atoms with Crippen molar-refractivity contribution in [3.63, 3.8) is 0 Å². The van der Waals surface area contributed by atoms with Gasteiger partial charge in [0.1, 0.15) is 0 Å². The third-order valence-corrected chi connectivity index (χ3v) is 9.70. The van der Waals surface area contributed by atoms with Crippen molar-refractivity contribution < 1.29 is 14.6 Å². The number of para-hydroxylation sites is 4. The number of fused-ring (bicyclic) bond motifs is 6. The van der Waals surface area contributed by atoms with Gasteiger partial charge in [-0.1, -0.05) is 96.2 Å². The van der Waals surface area contributed by atoms with E-state index in [1.165, 1.54) is 39.7 Å². The lowest BCUT2D eigenvalue weighted by molar-refractivity contribution is 0.0599. The van der Waals surface area contributed by atoms with Gasteiger partial charge >= 0.3 is 5.97 Å². The van der Waals surface area contributed by atoms with Crippen LogP contribution in [0.25, 0.3) is 55.0 Å². The van der Waals surface area contributed by atoms with Crippen LogP contribution in [0.4, 0.5) is 0 Å². The molecule has 0 saturated carbocycles. The highest BCUT2D eigenvalue weighted by molar-refractivity contribution is 9.10. The Morgan fingerprint density at radius 1 is 0.604 bits per heavy atom. The predicted molar refractivity (Wildman–Crippen MR) is 207 cm³/mol. The average Bonchev–Trinajstić information content (AvgIpc) is 3.62. The molecule has 2 aromatic heterocycles. The lowest BCUT2D eigenvalue weighted by Crippen LogP contribution is -2.04. The second-order valence-corrected chi connectivity index (χ2v) is 12.5. The number of hydrogen-bond donors (Lipinski definition) is 1. The van der Waals surface area contributed by atoms with Gasteiger partial charge in [-0.3, -0.25) is 0 Å². The Labute approximate surface area is 298 Å². The molecule has 5 nitrogen and oxygen atoms in total. The molecular weight excluding hydrogens is 727 g/mol. The number of esters is 1. The van der Waals surface area contributed by atoms with Gasteiger partial charge in [0.05, 0.1) is 41.3 Å². The van der Waals surface area contributed by atoms with Crippen LogP contribution in [-0.2, 0) is 11.3 Å². The first-order valence-corrected chi connectivity index (χ1v) is 16.3. The number of nitrogens with zero attached hydrogens (tertiary/aromatic N) is 2. The molecule has 0 spiro atoms. The third kappa shape index (κ3) is 6.07. The summed E-state index contributed by atoms with van der Waals surface area (Å²) in [4.78, 5) is 12.0. The smallest absolute Gasteiger partial charge is 0.339 e. The number of aliphatic hydroxyl groups excluding tert-OH is 1. The van der Waals surface area contributed by atoms with Crippen LogP contribution in [0.2, 0.25) is 0 Å². The molecule has 1 N–H and O–H groups in total. The number of methoxy groups -OCH3 is 1. The molecule has 8 rings (SSSR count). The van der Waals surface area contributed by atoms with Crippen molar-refractivity contribution in [2.75, 3.05) is 7.11 Å². The van der Waals surface area contributed by atoms with Gasteiger partial charge < -0.3 is 19.0 Å². The minimum absolute atomic E-state index is 0. The zero-order valence-electron chi connectivity index (χ0n) is 25.4. The molecule has 8 heteroatoms. The maximum Gasteiger partial charge on any atom is 0.339 e. The van der Waals surface area contributed by atoms with Crippen LogP contribution < -0.4 is 0 Å². The van der Waals surface area contributed by atoms with Crippen LogP contribution in [0.5, 0.6) is 0 Å². The Morgan fingerprint density at radius 2 is 0.979 bits per heavy atom. The largest absolute Gasteiger partial charge is 0.465 e. The van der Waals surface area contributed by atoms with E-state index in [-0.39, 0.29) is 28.4 Å². The first-order chi connectivity index (χ1) is 22.5. The fraction of sp³-hybridized carbons (Fsp3) is 0.0750. The summed E-state index contributed by atoms with van der Waals surface area (Å²) in [6.07, 6.45) is 0. The molecule has 237 valence electrons. The normalized spacial score (nSPS) is 10.8. The first kappa shape index (κ1) is 34.7. The summed E-state index contributed by atoms with van der Waals surface area (Å²) >= 11 is 6.91. The summed E-state index contributed by atoms with van der Waals surface area (Å²) in [6.45, 7) is 0.0194. The van der Waals surface area contributed by atoms with Crippen molar-refractivity contribution in [1.29, 1.82) is 0 Å². The van der Waals surface area contributed by atoms with Crippen LogP contribution in [0.3, 0.4) is 0 Å². The van der Waals surface area contributed by atoms with E-state index in [4.69, 9.17) is 4.74 Å². The number of carbonyl (C=O) groups excluding carboxylic acids is 1. The van der Waals surface area contributed by atoms with E-state index in [0.29, 0.717) is 5.56 Å². The van der Waals surface area contributed by atoms with E-state index in [1.54, 1.807) is 0 Å². The minimum Gasteiger partial charge on any atom is -0.465 e. The van der Waals surface area contributed by atoms with E-state index in [0.717, 1.165) is 36.9 Å². The van der Waals surface area contributed by atoms with Crippen molar-refractivity contribution in [3.05, 3.63) is 154 Å². The van der Waals surface area contributed by atoms with Gasteiger partial charge in [0, 0.05) is 50.3 Å². The summed E-state index contributed by atoms with van der Waals surface area (Å²) in [7, 11) is 1.39. The fourth-order valence-corrected chi connectivity index (χ4v) is 6.92. The number of carbonyl (C=O) groups is 1. The van der Waals surface area contributed by atoms with Crippen LogP contribution in [0.15, 0.2) is 142 Å². The highest BCUT2D eigenvalue weighted by Gasteiger charge is 2.16. The summed E-state index contributed by atoms with van der Waals surface area (Å²) in [5.74, 6) is -0.357. The molecule has 0 bridgehead atoms. The van der Waals surface area contributed by atoms with Crippen molar-refractivity contribution >= 4 is 89.9 Å². The van der Waals surface area contributed by atoms with E-state index < -0.39 is 0 Å². The highest BCUT2D eigenvalue weighted by atomic mass is 79.9. The predicted octanol–water partition coefficient (Wildman–Crippen LogP) is 10.6. The topological polar surface area (TPSA) is 56.4 Å². The number of halogens is 2. The van der Waals surface area contributed by atoms with Crippen molar-refractivity contribution in [3.8, 4) is 11.4 Å². The Balaban J connectivity index is 0.000000181. The maximum absolute atomic E-state index is 12.0. The van der Waals surface area contributed by atoms with Crippen LogP contribution in [-0.4, -0.2) is 35.7 Å². The van der Waals surface area contributed by atoms with Crippen LogP contribution >= 0.6 is 31.9 Å². The van der Waals surface area contributed by atoms with Crippen LogP contribution in [0, 0.1) is 0 Å². The summed E-state index contributed by atoms with van der Waals surface area (Å²) in [5.41, 5.74) is 7.95. The Hall–Kier alpha value is -4.63. The van der Waals surface area contributed by atoms with Gasteiger partial charge in [-0.15, -0.1) is 0 Å². The number of benzene rings is 6. The standard InChI is InChI=1S/C20H14BrNO2.C19H14BrNO.CH4.B/c1-24-20(23)16-12-13(10-11-17(16)21)22-18-8-4-2-6-14(18)15-7-3-5-9-19(15)22;20-17-10-9-14(11-13(17)12-22)21-18-7-3-1-5-15(18)16-6-2-4-8-19(16)21;;/h2-12H,1H3;1-11,22H,12H2;1H4;. The number of rotatable bonds is 4. The van der Waals surface area contributed by atoms with Crippen molar-refractivity contribution in [2.45, 2.75) is 14.0 Å². The molecule has 8 aromatic rings. The molecule has 3 radical (unpaired) electrons. The van der Waals surface area contributed by atoms with Gasteiger partial charge in [0.15, 0.2) is 0 Å². The van der Waals surface area contributed by atoms with E-state index in [2.05, 4.69) is 120 Å². The van der Waals surface area contributed by atoms with Crippen molar-refractivity contribution in [2.24, 2.45) is 0 Å². The Morgan fingerprint density at radius 3 is 1.38 bits per heavy atom. The number of ether oxygens (including phenoxy) is 1. The SMILES string of the molecule is C.COC(=O)c1cc(-n2c3ccccc3c3ccccc32)ccc1Br.OCc1cc(-n2c3ccccc3c3ccccc32)ccc1Br.[B]. The molecule has 0 fully saturated rings. The molecule has 2 heterocycles. The maximum atomic E-state index is 12.0. The lowest BCUT2D eigenvalue weighted by Gasteiger charge is -2.10. The highest BCUT2D eigenvalue weighted by Crippen LogP contribution is 2.34. The van der Waals surface area contributed by atoms with Gasteiger partial charge in [-0.25, -0.2) is 4.79 Å². The molecule has 0 atom stereocenters. The minimum atomic E-state index is -0.357. The zero-order chi connectivity index (χ0) is 31.8. The van der Waals surface area contributed by atoms with Gasteiger partial charge in [-0.05, 0) is 82.2 Å². The molecule has 0 amide bonds. The second kappa shape index (κ2) is 14.6. The molecule has 6 aromatic carbocycles.